The van der Waals surface area contributed by atoms with Crippen LogP contribution in [0.25, 0.3) is 0 Å². The lowest BCUT2D eigenvalue weighted by atomic mass is 10.1. The number of benzene rings is 1. The Labute approximate surface area is 135 Å². The van der Waals surface area contributed by atoms with E-state index < -0.39 is 11.6 Å². The van der Waals surface area contributed by atoms with Crippen LogP contribution in [-0.4, -0.2) is 16.5 Å². The number of amides is 1. The fourth-order valence-corrected chi connectivity index (χ4v) is 2.66. The first kappa shape index (κ1) is 17.2. The highest BCUT2D eigenvalue weighted by Crippen LogP contribution is 2.23. The van der Waals surface area contributed by atoms with Crippen LogP contribution in [0, 0.1) is 32.4 Å². The Hall–Kier alpha value is -2.17. The summed E-state index contributed by atoms with van der Waals surface area (Å²) in [6.07, 6.45) is 0. The minimum absolute atomic E-state index is 0.0223. The van der Waals surface area contributed by atoms with Crippen molar-refractivity contribution in [3.8, 4) is 0 Å². The average Bonchev–Trinajstić information content (AvgIpc) is 2.67. The molecule has 0 fully saturated rings. The zero-order chi connectivity index (χ0) is 17.3. The molecule has 1 aromatic heterocycles. The molecule has 1 heterocycles. The first-order valence-electron chi connectivity index (χ1n) is 7.63. The molecule has 2 rings (SSSR count). The lowest BCUT2D eigenvalue weighted by Crippen LogP contribution is -2.32. The third-order valence-corrected chi connectivity index (χ3v) is 4.09. The zero-order valence-electron chi connectivity index (χ0n) is 14.1. The third kappa shape index (κ3) is 3.44. The van der Waals surface area contributed by atoms with E-state index in [1.54, 1.807) is 0 Å². The Bertz CT molecular complexity index is 748. The van der Waals surface area contributed by atoms with E-state index in [4.69, 9.17) is 0 Å². The first-order valence-corrected chi connectivity index (χ1v) is 7.63. The van der Waals surface area contributed by atoms with Crippen molar-refractivity contribution in [2.24, 2.45) is 0 Å². The number of hydrogen-bond donors (Lipinski definition) is 1. The van der Waals surface area contributed by atoms with Crippen molar-refractivity contribution >= 4 is 5.91 Å². The van der Waals surface area contributed by atoms with Crippen LogP contribution in [-0.2, 0) is 6.54 Å². The van der Waals surface area contributed by atoms with Gasteiger partial charge < -0.3 is 9.88 Å². The Morgan fingerprint density at radius 2 is 1.78 bits per heavy atom. The maximum Gasteiger partial charge on any atom is 0.268 e. The van der Waals surface area contributed by atoms with Crippen LogP contribution in [0.5, 0.6) is 0 Å². The Balaban J connectivity index is 2.46. The Morgan fingerprint density at radius 3 is 2.35 bits per heavy atom. The molecule has 0 saturated heterocycles. The molecule has 0 aliphatic heterocycles. The average molecular weight is 320 g/mol. The molecule has 5 heteroatoms. The summed E-state index contributed by atoms with van der Waals surface area (Å²) in [4.78, 5) is 12.5. The van der Waals surface area contributed by atoms with Gasteiger partial charge in [0, 0.05) is 18.3 Å². The number of hydrogen-bond acceptors (Lipinski definition) is 1. The zero-order valence-corrected chi connectivity index (χ0v) is 14.1. The van der Waals surface area contributed by atoms with Gasteiger partial charge in [0.15, 0.2) is 11.6 Å². The van der Waals surface area contributed by atoms with Gasteiger partial charge in [-0.15, -0.1) is 0 Å². The topological polar surface area (TPSA) is 34.0 Å². The molecule has 1 amide bonds. The molecule has 0 atom stereocenters. The van der Waals surface area contributed by atoms with E-state index >= 15 is 0 Å². The summed E-state index contributed by atoms with van der Waals surface area (Å²) in [5.41, 5.74) is 4.06. The molecule has 124 valence electrons. The predicted molar refractivity (Wildman–Crippen MR) is 86.7 cm³/mol. The second-order valence-corrected chi connectivity index (χ2v) is 6.15. The summed E-state index contributed by atoms with van der Waals surface area (Å²) in [5, 5.41) is 2.89. The van der Waals surface area contributed by atoms with Crippen molar-refractivity contribution in [1.29, 1.82) is 0 Å². The second-order valence-electron chi connectivity index (χ2n) is 6.15. The van der Waals surface area contributed by atoms with Crippen LogP contribution in [0.15, 0.2) is 18.2 Å². The van der Waals surface area contributed by atoms with Crippen LogP contribution in [0.4, 0.5) is 8.78 Å². The molecule has 2 aromatic rings. The minimum atomic E-state index is -0.881. The monoisotopic (exact) mass is 320 g/mol. The molecule has 0 unspecified atom stereocenters. The highest BCUT2D eigenvalue weighted by atomic mass is 19.2. The SMILES string of the molecule is Cc1c(C)c(C(=O)NC(C)C)n(Cc2ccc(F)c(F)c2)c1C. The lowest BCUT2D eigenvalue weighted by Gasteiger charge is -2.14. The van der Waals surface area contributed by atoms with Crippen molar-refractivity contribution in [2.45, 2.75) is 47.2 Å². The lowest BCUT2D eigenvalue weighted by molar-refractivity contribution is 0.0933. The van der Waals surface area contributed by atoms with Gasteiger partial charge in [-0.1, -0.05) is 6.07 Å². The maximum absolute atomic E-state index is 13.4. The van der Waals surface area contributed by atoms with E-state index in [1.807, 2.05) is 39.2 Å². The first-order chi connectivity index (χ1) is 10.7. The molecule has 0 saturated carbocycles. The molecule has 0 aliphatic carbocycles. The Morgan fingerprint density at radius 1 is 1.13 bits per heavy atom. The van der Waals surface area contributed by atoms with Crippen LogP contribution in [0.1, 0.15) is 46.7 Å². The highest BCUT2D eigenvalue weighted by molar-refractivity contribution is 5.95. The van der Waals surface area contributed by atoms with Gasteiger partial charge in [0.1, 0.15) is 5.69 Å². The second kappa shape index (κ2) is 6.52. The van der Waals surface area contributed by atoms with Gasteiger partial charge in [-0.25, -0.2) is 8.78 Å². The van der Waals surface area contributed by atoms with E-state index in [-0.39, 0.29) is 11.9 Å². The molecule has 23 heavy (non-hydrogen) atoms. The summed E-state index contributed by atoms with van der Waals surface area (Å²) < 4.78 is 28.4. The molecule has 0 spiro atoms. The fourth-order valence-electron chi connectivity index (χ4n) is 2.66. The van der Waals surface area contributed by atoms with Gasteiger partial charge >= 0.3 is 0 Å². The number of carbonyl (C=O) groups excluding carboxylic acids is 1. The number of halogens is 2. The molecule has 0 bridgehead atoms. The van der Waals surface area contributed by atoms with E-state index in [9.17, 15) is 13.6 Å². The van der Waals surface area contributed by atoms with Crippen molar-refractivity contribution in [2.75, 3.05) is 0 Å². The van der Waals surface area contributed by atoms with E-state index in [2.05, 4.69) is 5.32 Å². The Kier molecular flexibility index (Phi) is 4.88. The summed E-state index contributed by atoms with van der Waals surface area (Å²) in [7, 11) is 0. The number of rotatable bonds is 4. The highest BCUT2D eigenvalue weighted by Gasteiger charge is 2.21. The molecular formula is C18H22F2N2O. The third-order valence-electron chi connectivity index (χ3n) is 4.09. The number of carbonyl (C=O) groups is 1. The van der Waals surface area contributed by atoms with E-state index in [0.29, 0.717) is 17.8 Å². The molecule has 3 nitrogen and oxygen atoms in total. The number of nitrogens with one attached hydrogen (secondary N) is 1. The van der Waals surface area contributed by atoms with Gasteiger partial charge in [0.05, 0.1) is 0 Å². The number of aromatic nitrogens is 1. The summed E-state index contributed by atoms with van der Waals surface area (Å²) in [5.74, 6) is -1.91. The molecule has 1 aromatic carbocycles. The van der Waals surface area contributed by atoms with Gasteiger partial charge in [0.25, 0.3) is 5.91 Å². The quantitative estimate of drug-likeness (QED) is 0.911. The van der Waals surface area contributed by atoms with Crippen molar-refractivity contribution in [3.63, 3.8) is 0 Å². The summed E-state index contributed by atoms with van der Waals surface area (Å²) in [6, 6.07) is 3.84. The number of nitrogens with zero attached hydrogens (tertiary/aromatic N) is 1. The largest absolute Gasteiger partial charge is 0.349 e. The van der Waals surface area contributed by atoms with Crippen LogP contribution >= 0.6 is 0 Å². The van der Waals surface area contributed by atoms with Crippen molar-refractivity contribution < 1.29 is 13.6 Å². The van der Waals surface area contributed by atoms with Gasteiger partial charge in [0.2, 0.25) is 0 Å². The van der Waals surface area contributed by atoms with Crippen LogP contribution in [0.3, 0.4) is 0 Å². The maximum atomic E-state index is 13.4. The standard InChI is InChI=1S/C18H22F2N2O/c1-10(2)21-18(23)17-12(4)11(3)13(5)22(17)9-14-6-7-15(19)16(20)8-14/h6-8,10H,9H2,1-5H3,(H,21,23). The predicted octanol–water partition coefficient (Wildman–Crippen LogP) is 3.88. The molecule has 0 radical (unpaired) electrons. The van der Waals surface area contributed by atoms with Gasteiger partial charge in [-0.2, -0.15) is 0 Å². The summed E-state index contributed by atoms with van der Waals surface area (Å²) >= 11 is 0. The molecule has 1 N–H and O–H groups in total. The van der Waals surface area contributed by atoms with Crippen LogP contribution < -0.4 is 5.32 Å². The van der Waals surface area contributed by atoms with Gasteiger partial charge in [-0.3, -0.25) is 4.79 Å². The van der Waals surface area contributed by atoms with Crippen LogP contribution in [0.2, 0.25) is 0 Å². The van der Waals surface area contributed by atoms with Crippen molar-refractivity contribution in [1.82, 2.24) is 9.88 Å². The van der Waals surface area contributed by atoms with E-state index in [0.717, 1.165) is 22.9 Å². The van der Waals surface area contributed by atoms with E-state index in [1.165, 1.54) is 12.1 Å². The molecular weight excluding hydrogens is 298 g/mol. The minimum Gasteiger partial charge on any atom is -0.349 e. The summed E-state index contributed by atoms with van der Waals surface area (Å²) in [6.45, 7) is 9.90. The van der Waals surface area contributed by atoms with Crippen molar-refractivity contribution in [3.05, 3.63) is 57.9 Å². The molecule has 0 aliphatic rings. The smallest absolute Gasteiger partial charge is 0.268 e. The van der Waals surface area contributed by atoms with Gasteiger partial charge in [-0.05, 0) is 63.4 Å². The normalized spacial score (nSPS) is 11.1. The fraction of sp³-hybridized carbons (Fsp3) is 0.389.